The van der Waals surface area contributed by atoms with Crippen LogP contribution in [0.2, 0.25) is 5.15 Å². The van der Waals surface area contributed by atoms with Gasteiger partial charge in [0.1, 0.15) is 5.15 Å². The summed E-state index contributed by atoms with van der Waals surface area (Å²) >= 11 is 12.4. The van der Waals surface area contributed by atoms with Crippen LogP contribution in [0.4, 0.5) is 0 Å². The van der Waals surface area contributed by atoms with Crippen LogP contribution in [0.15, 0.2) is 24.3 Å². The van der Waals surface area contributed by atoms with Gasteiger partial charge in [0.2, 0.25) is 0 Å². The molecule has 0 unspecified atom stereocenters. The minimum Gasteiger partial charge on any atom is -0.249 e. The highest BCUT2D eigenvalue weighted by Gasteiger charge is 2.15. The second-order valence-corrected chi connectivity index (χ2v) is 5.31. The molecule has 0 aliphatic rings. The second kappa shape index (κ2) is 6.44. The van der Waals surface area contributed by atoms with Crippen molar-refractivity contribution in [1.29, 1.82) is 0 Å². The Hall–Kier alpha value is -0.990. The van der Waals surface area contributed by atoms with E-state index in [-0.39, 0.29) is 0 Å². The van der Waals surface area contributed by atoms with Crippen molar-refractivity contribution in [2.45, 2.75) is 39.1 Å². The van der Waals surface area contributed by atoms with Crippen LogP contribution in [0.25, 0.3) is 0 Å². The molecule has 0 radical (unpaired) electrons. The van der Waals surface area contributed by atoms with Crippen molar-refractivity contribution in [2.75, 3.05) is 0 Å². The highest BCUT2D eigenvalue weighted by Crippen LogP contribution is 2.24. The number of aryl methyl sites for hydroxylation is 2. The Morgan fingerprint density at radius 2 is 2.00 bits per heavy atom. The van der Waals surface area contributed by atoms with E-state index in [1.165, 1.54) is 11.1 Å². The van der Waals surface area contributed by atoms with Crippen molar-refractivity contribution in [3.05, 3.63) is 51.8 Å². The smallest absolute Gasteiger partial charge is 0.132 e. The van der Waals surface area contributed by atoms with Gasteiger partial charge in [0.25, 0.3) is 0 Å². The van der Waals surface area contributed by atoms with Crippen LogP contribution < -0.4 is 0 Å². The van der Waals surface area contributed by atoms with Gasteiger partial charge in [-0.3, -0.25) is 0 Å². The Morgan fingerprint density at radius 1 is 1.26 bits per heavy atom. The van der Waals surface area contributed by atoms with Crippen molar-refractivity contribution in [1.82, 2.24) is 9.78 Å². The molecule has 0 saturated carbocycles. The molecule has 0 aliphatic heterocycles. The fourth-order valence-electron chi connectivity index (χ4n) is 2.15. The fraction of sp³-hybridized carbons (Fsp3) is 0.400. The van der Waals surface area contributed by atoms with Crippen LogP contribution in [-0.2, 0) is 18.8 Å². The molecule has 1 heterocycles. The summed E-state index contributed by atoms with van der Waals surface area (Å²) in [6, 6.07) is 8.28. The lowest BCUT2D eigenvalue weighted by Gasteiger charge is -2.06. The first-order valence-corrected chi connectivity index (χ1v) is 7.43. The summed E-state index contributed by atoms with van der Waals surface area (Å²) in [5.41, 5.74) is 4.48. The zero-order valence-corrected chi connectivity index (χ0v) is 12.8. The molecule has 0 N–H and O–H groups in total. The molecule has 0 bridgehead atoms. The number of halogens is 2. The van der Waals surface area contributed by atoms with Crippen molar-refractivity contribution in [3.8, 4) is 0 Å². The summed E-state index contributed by atoms with van der Waals surface area (Å²) in [4.78, 5) is 0. The Labute approximate surface area is 124 Å². The lowest BCUT2D eigenvalue weighted by atomic mass is 10.1. The molecule has 0 fully saturated rings. The predicted molar refractivity (Wildman–Crippen MR) is 81.1 cm³/mol. The van der Waals surface area contributed by atoms with E-state index >= 15 is 0 Å². The summed E-state index contributed by atoms with van der Waals surface area (Å²) in [6.07, 6.45) is 1.96. The van der Waals surface area contributed by atoms with Crippen LogP contribution in [-0.4, -0.2) is 9.78 Å². The third-order valence-electron chi connectivity index (χ3n) is 3.27. The zero-order valence-electron chi connectivity index (χ0n) is 11.3. The Balaban J connectivity index is 2.33. The number of hydrogen-bond acceptors (Lipinski definition) is 1. The Bertz CT molecular complexity index is 561. The van der Waals surface area contributed by atoms with Gasteiger partial charge in [0.05, 0.1) is 18.1 Å². The van der Waals surface area contributed by atoms with Gasteiger partial charge in [-0.25, -0.2) is 4.68 Å². The zero-order chi connectivity index (χ0) is 13.8. The van der Waals surface area contributed by atoms with Crippen LogP contribution in [0.5, 0.6) is 0 Å². The van der Waals surface area contributed by atoms with E-state index in [0.29, 0.717) is 17.6 Å². The third kappa shape index (κ3) is 3.13. The Kier molecular flexibility index (Phi) is 4.89. The summed E-state index contributed by atoms with van der Waals surface area (Å²) < 4.78 is 1.85. The molecule has 0 amide bonds. The van der Waals surface area contributed by atoms with Crippen molar-refractivity contribution < 1.29 is 0 Å². The van der Waals surface area contributed by atoms with Gasteiger partial charge < -0.3 is 0 Å². The first-order chi connectivity index (χ1) is 9.17. The number of rotatable bonds is 5. The lowest BCUT2D eigenvalue weighted by Crippen LogP contribution is -2.04. The molecule has 0 saturated heterocycles. The number of benzene rings is 1. The molecule has 1 aromatic carbocycles. The van der Waals surface area contributed by atoms with E-state index in [0.717, 1.165) is 24.1 Å². The van der Waals surface area contributed by atoms with Gasteiger partial charge >= 0.3 is 0 Å². The molecule has 2 rings (SSSR count). The highest BCUT2D eigenvalue weighted by atomic mass is 35.5. The van der Waals surface area contributed by atoms with Gasteiger partial charge in [-0.2, -0.15) is 5.10 Å². The first kappa shape index (κ1) is 14.4. The van der Waals surface area contributed by atoms with E-state index in [1.54, 1.807) is 0 Å². The van der Waals surface area contributed by atoms with Gasteiger partial charge in [0.15, 0.2) is 0 Å². The quantitative estimate of drug-likeness (QED) is 0.738. The number of alkyl halides is 1. The van der Waals surface area contributed by atoms with Crippen molar-refractivity contribution in [3.63, 3.8) is 0 Å². The maximum atomic E-state index is 6.38. The number of hydrogen-bond donors (Lipinski definition) is 0. The molecule has 102 valence electrons. The van der Waals surface area contributed by atoms with E-state index in [2.05, 4.69) is 31.1 Å². The first-order valence-electron chi connectivity index (χ1n) is 6.51. The van der Waals surface area contributed by atoms with Crippen LogP contribution >= 0.6 is 23.2 Å². The molecule has 19 heavy (non-hydrogen) atoms. The van der Waals surface area contributed by atoms with Gasteiger partial charge in [-0.15, -0.1) is 11.6 Å². The minimum absolute atomic E-state index is 0.419. The Morgan fingerprint density at radius 3 is 2.63 bits per heavy atom. The molecular formula is C15H18Cl2N2. The second-order valence-electron chi connectivity index (χ2n) is 4.68. The van der Waals surface area contributed by atoms with Crippen LogP contribution in [0, 0.1) is 6.92 Å². The molecule has 1 aromatic heterocycles. The predicted octanol–water partition coefficient (Wildman–Crippen LogP) is 4.58. The van der Waals surface area contributed by atoms with Gasteiger partial charge in [0, 0.05) is 5.56 Å². The highest BCUT2D eigenvalue weighted by molar-refractivity contribution is 6.31. The van der Waals surface area contributed by atoms with E-state index in [9.17, 15) is 0 Å². The summed E-state index contributed by atoms with van der Waals surface area (Å²) in [5.74, 6) is 0.419. The van der Waals surface area contributed by atoms with Crippen LogP contribution in [0.1, 0.15) is 35.7 Å². The molecule has 2 nitrogen and oxygen atoms in total. The average Bonchev–Trinajstić information content (AvgIpc) is 2.69. The van der Waals surface area contributed by atoms with Gasteiger partial charge in [-0.05, 0) is 24.5 Å². The topological polar surface area (TPSA) is 17.8 Å². The summed E-state index contributed by atoms with van der Waals surface area (Å²) in [5, 5.41) is 5.28. The van der Waals surface area contributed by atoms with E-state index in [4.69, 9.17) is 23.2 Å². The molecule has 0 spiro atoms. The molecule has 0 aliphatic carbocycles. The fourth-order valence-corrected chi connectivity index (χ4v) is 2.77. The van der Waals surface area contributed by atoms with E-state index < -0.39 is 0 Å². The average molecular weight is 297 g/mol. The van der Waals surface area contributed by atoms with Crippen molar-refractivity contribution >= 4 is 23.2 Å². The number of nitrogens with zero attached hydrogens (tertiary/aromatic N) is 2. The summed E-state index contributed by atoms with van der Waals surface area (Å²) in [7, 11) is 0. The molecular weight excluding hydrogens is 279 g/mol. The molecule has 0 atom stereocenters. The van der Waals surface area contributed by atoms with Gasteiger partial charge in [-0.1, -0.05) is 49.2 Å². The van der Waals surface area contributed by atoms with E-state index in [1.807, 2.05) is 16.8 Å². The standard InChI is InChI=1S/C15H18Cl2N2/c1-3-6-14-13(9-16)15(17)19(18-14)10-12-8-5-4-7-11(12)2/h4-5,7-8H,3,6,9-10H2,1-2H3. The molecule has 2 aromatic rings. The van der Waals surface area contributed by atoms with Crippen LogP contribution in [0.3, 0.4) is 0 Å². The minimum atomic E-state index is 0.419. The maximum Gasteiger partial charge on any atom is 0.132 e. The molecule has 4 heteroatoms. The summed E-state index contributed by atoms with van der Waals surface area (Å²) in [6.45, 7) is 4.92. The largest absolute Gasteiger partial charge is 0.249 e. The lowest BCUT2D eigenvalue weighted by molar-refractivity contribution is 0.666. The monoisotopic (exact) mass is 296 g/mol. The maximum absolute atomic E-state index is 6.38. The third-order valence-corrected chi connectivity index (χ3v) is 3.96. The van der Waals surface area contributed by atoms with Crippen molar-refractivity contribution in [2.24, 2.45) is 0 Å². The number of aromatic nitrogens is 2. The normalized spacial score (nSPS) is 10.9. The SMILES string of the molecule is CCCc1nn(Cc2ccccc2C)c(Cl)c1CCl.